The lowest BCUT2D eigenvalue weighted by atomic mass is 10.1. The van der Waals surface area contributed by atoms with Gasteiger partial charge in [0, 0.05) is 6.92 Å². The monoisotopic (exact) mass is 210 g/mol. The van der Waals surface area contributed by atoms with Crippen LogP contribution in [0.1, 0.15) is 33.6 Å². The van der Waals surface area contributed by atoms with Gasteiger partial charge in [-0.2, -0.15) is 0 Å². The lowest BCUT2D eigenvalue weighted by Gasteiger charge is -1.99. The summed E-state index contributed by atoms with van der Waals surface area (Å²) in [4.78, 5) is 20.8. The van der Waals surface area contributed by atoms with Crippen LogP contribution in [-0.4, -0.2) is 18.9 Å². The van der Waals surface area contributed by atoms with Crippen LogP contribution in [0.15, 0.2) is 23.3 Å². The number of hydrogen-bond donors (Lipinski definition) is 0. The fraction of sp³-hybridized carbons (Fsp3) is 0.500. The van der Waals surface area contributed by atoms with E-state index in [1.807, 2.05) is 19.1 Å². The molecule has 0 N–H and O–H groups in total. The number of hydrogen-bond acceptors (Lipinski definition) is 3. The molecule has 0 aromatic heterocycles. The Morgan fingerprint density at radius 2 is 1.87 bits per heavy atom. The molecule has 84 valence electrons. The molecule has 15 heavy (non-hydrogen) atoms. The first-order valence-electron chi connectivity index (χ1n) is 4.97. The largest absolute Gasteiger partial charge is 0.462 e. The third kappa shape index (κ3) is 8.94. The first-order valence-corrected chi connectivity index (χ1v) is 4.97. The minimum absolute atomic E-state index is 0.268. The predicted molar refractivity (Wildman–Crippen MR) is 59.4 cm³/mol. The summed E-state index contributed by atoms with van der Waals surface area (Å²) in [6.45, 7) is 5.48. The Morgan fingerprint density at radius 1 is 1.20 bits per heavy atom. The molecular formula is C12H18O3. The van der Waals surface area contributed by atoms with Gasteiger partial charge in [-0.25, -0.2) is 0 Å². The highest BCUT2D eigenvalue weighted by atomic mass is 16.5. The van der Waals surface area contributed by atoms with Crippen LogP contribution in [0.4, 0.5) is 0 Å². The fourth-order valence-electron chi connectivity index (χ4n) is 0.979. The van der Waals surface area contributed by atoms with Crippen molar-refractivity contribution in [3.05, 3.63) is 23.3 Å². The quantitative estimate of drug-likeness (QED) is 0.292. The first-order chi connectivity index (χ1) is 7.06. The van der Waals surface area contributed by atoms with Crippen molar-refractivity contribution in [1.82, 2.24) is 0 Å². The van der Waals surface area contributed by atoms with Crippen molar-refractivity contribution in [2.24, 2.45) is 0 Å². The number of carbonyl (C=O) groups is 2. The SMILES string of the molecule is CC(=O)OC/C=C(\C)CC/C=C(\C)C=O. The van der Waals surface area contributed by atoms with Crippen LogP contribution in [0.3, 0.4) is 0 Å². The maximum absolute atomic E-state index is 10.5. The maximum Gasteiger partial charge on any atom is 0.302 e. The summed E-state index contributed by atoms with van der Waals surface area (Å²) in [6.07, 6.45) is 6.35. The molecule has 0 spiro atoms. The van der Waals surface area contributed by atoms with Gasteiger partial charge in [0.2, 0.25) is 0 Å². The van der Waals surface area contributed by atoms with E-state index >= 15 is 0 Å². The molecular weight excluding hydrogens is 192 g/mol. The van der Waals surface area contributed by atoms with Gasteiger partial charge in [0.15, 0.2) is 0 Å². The van der Waals surface area contributed by atoms with Gasteiger partial charge in [-0.15, -0.1) is 0 Å². The Hall–Kier alpha value is -1.38. The zero-order valence-corrected chi connectivity index (χ0v) is 9.58. The standard InChI is InChI=1S/C12H18O3/c1-10(7-8-15-12(3)14)5-4-6-11(2)9-13/h6-7,9H,4-5,8H2,1-3H3/b10-7+,11-6+. The second kappa shape index (κ2) is 7.97. The number of ether oxygens (including phenoxy) is 1. The predicted octanol–water partition coefficient (Wildman–Crippen LogP) is 2.42. The molecule has 0 aromatic rings. The smallest absolute Gasteiger partial charge is 0.302 e. The van der Waals surface area contributed by atoms with E-state index in [-0.39, 0.29) is 5.97 Å². The highest BCUT2D eigenvalue weighted by molar-refractivity contribution is 5.71. The molecule has 0 aliphatic rings. The van der Waals surface area contributed by atoms with Crippen LogP contribution < -0.4 is 0 Å². The molecule has 0 saturated carbocycles. The van der Waals surface area contributed by atoms with Gasteiger partial charge in [-0.05, 0) is 38.3 Å². The number of allylic oxidation sites excluding steroid dienone is 3. The molecule has 0 aromatic carbocycles. The summed E-state index contributed by atoms with van der Waals surface area (Å²) < 4.78 is 4.77. The van der Waals surface area contributed by atoms with Crippen LogP contribution in [0, 0.1) is 0 Å². The lowest BCUT2D eigenvalue weighted by Crippen LogP contribution is -1.98. The van der Waals surface area contributed by atoms with E-state index in [1.165, 1.54) is 6.92 Å². The zero-order chi connectivity index (χ0) is 11.7. The van der Waals surface area contributed by atoms with Gasteiger partial charge in [0.1, 0.15) is 12.9 Å². The summed E-state index contributed by atoms with van der Waals surface area (Å²) in [6, 6.07) is 0. The summed E-state index contributed by atoms with van der Waals surface area (Å²) in [5.74, 6) is -0.268. The molecule has 0 amide bonds. The van der Waals surface area contributed by atoms with Crippen LogP contribution in [0.5, 0.6) is 0 Å². The Balaban J connectivity index is 3.77. The summed E-state index contributed by atoms with van der Waals surface area (Å²) in [5.41, 5.74) is 1.91. The summed E-state index contributed by atoms with van der Waals surface area (Å²) >= 11 is 0. The first kappa shape index (κ1) is 13.6. The number of esters is 1. The molecule has 0 aliphatic carbocycles. The van der Waals surface area contributed by atoms with E-state index in [9.17, 15) is 9.59 Å². The highest BCUT2D eigenvalue weighted by Gasteiger charge is 1.92. The molecule has 0 radical (unpaired) electrons. The molecule has 0 rings (SSSR count). The third-order valence-electron chi connectivity index (χ3n) is 1.91. The Morgan fingerprint density at radius 3 is 2.40 bits per heavy atom. The highest BCUT2D eigenvalue weighted by Crippen LogP contribution is 2.05. The molecule has 3 heteroatoms. The molecule has 0 heterocycles. The third-order valence-corrected chi connectivity index (χ3v) is 1.91. The Labute approximate surface area is 90.8 Å². The number of aldehydes is 1. The van der Waals surface area contributed by atoms with Gasteiger partial charge in [-0.1, -0.05) is 11.6 Å². The van der Waals surface area contributed by atoms with Crippen molar-refractivity contribution in [1.29, 1.82) is 0 Å². The number of carbonyl (C=O) groups excluding carboxylic acids is 2. The van der Waals surface area contributed by atoms with Crippen molar-refractivity contribution in [3.8, 4) is 0 Å². The molecule has 0 atom stereocenters. The van der Waals surface area contributed by atoms with E-state index in [2.05, 4.69) is 0 Å². The lowest BCUT2D eigenvalue weighted by molar-refractivity contribution is -0.139. The van der Waals surface area contributed by atoms with Gasteiger partial charge >= 0.3 is 5.97 Å². The molecule has 3 nitrogen and oxygen atoms in total. The minimum atomic E-state index is -0.268. The Kier molecular flexibility index (Phi) is 7.24. The van der Waals surface area contributed by atoms with Crippen LogP contribution in [0.25, 0.3) is 0 Å². The van der Waals surface area contributed by atoms with E-state index in [0.717, 1.165) is 30.3 Å². The van der Waals surface area contributed by atoms with Crippen molar-refractivity contribution in [3.63, 3.8) is 0 Å². The second-order valence-electron chi connectivity index (χ2n) is 3.46. The topological polar surface area (TPSA) is 43.4 Å². The molecule has 0 saturated heterocycles. The van der Waals surface area contributed by atoms with E-state index in [4.69, 9.17) is 4.74 Å². The van der Waals surface area contributed by atoms with Crippen LogP contribution in [0.2, 0.25) is 0 Å². The van der Waals surface area contributed by atoms with E-state index in [0.29, 0.717) is 6.61 Å². The molecule has 0 fully saturated rings. The zero-order valence-electron chi connectivity index (χ0n) is 9.58. The van der Waals surface area contributed by atoms with Gasteiger partial charge < -0.3 is 4.74 Å². The molecule has 0 aliphatic heterocycles. The molecule has 0 unspecified atom stereocenters. The average molecular weight is 210 g/mol. The fourth-order valence-corrected chi connectivity index (χ4v) is 0.979. The maximum atomic E-state index is 10.5. The minimum Gasteiger partial charge on any atom is -0.462 e. The van der Waals surface area contributed by atoms with E-state index in [1.54, 1.807) is 6.92 Å². The van der Waals surface area contributed by atoms with Crippen molar-refractivity contribution in [2.75, 3.05) is 6.61 Å². The molecule has 0 bridgehead atoms. The van der Waals surface area contributed by atoms with Gasteiger partial charge in [0.25, 0.3) is 0 Å². The van der Waals surface area contributed by atoms with Crippen LogP contribution in [-0.2, 0) is 14.3 Å². The Bertz CT molecular complexity index is 275. The van der Waals surface area contributed by atoms with Crippen LogP contribution >= 0.6 is 0 Å². The van der Waals surface area contributed by atoms with Crippen molar-refractivity contribution >= 4 is 12.3 Å². The summed E-state index contributed by atoms with van der Waals surface area (Å²) in [7, 11) is 0. The number of rotatable bonds is 6. The van der Waals surface area contributed by atoms with E-state index < -0.39 is 0 Å². The normalized spacial score (nSPS) is 12.5. The van der Waals surface area contributed by atoms with Crippen molar-refractivity contribution in [2.45, 2.75) is 33.6 Å². The summed E-state index contributed by atoms with van der Waals surface area (Å²) in [5, 5.41) is 0. The van der Waals surface area contributed by atoms with Gasteiger partial charge in [-0.3, -0.25) is 9.59 Å². The second-order valence-corrected chi connectivity index (χ2v) is 3.46. The van der Waals surface area contributed by atoms with Gasteiger partial charge in [0.05, 0.1) is 0 Å². The average Bonchev–Trinajstić information content (AvgIpc) is 2.17. The van der Waals surface area contributed by atoms with Crippen molar-refractivity contribution < 1.29 is 14.3 Å².